The van der Waals surface area contributed by atoms with Crippen molar-refractivity contribution in [3.63, 3.8) is 0 Å². The molecule has 0 aromatic heterocycles. The summed E-state index contributed by atoms with van der Waals surface area (Å²) in [5.74, 6) is 0. The SMILES string of the molecule is CCNCc1ccc(SC2CCCC2O)cc1. The molecule has 1 aromatic rings. The summed E-state index contributed by atoms with van der Waals surface area (Å²) in [6.07, 6.45) is 3.17. The molecule has 2 rings (SSSR count). The Kier molecular flexibility index (Phi) is 4.89. The predicted octanol–water partition coefficient (Wildman–Crippen LogP) is 2.80. The first-order valence-electron chi connectivity index (χ1n) is 6.44. The Morgan fingerprint density at radius 3 is 2.65 bits per heavy atom. The first kappa shape index (κ1) is 12.9. The van der Waals surface area contributed by atoms with Gasteiger partial charge in [0.2, 0.25) is 0 Å². The number of aliphatic hydroxyl groups is 1. The van der Waals surface area contributed by atoms with Crippen LogP contribution >= 0.6 is 11.8 Å². The molecular weight excluding hydrogens is 230 g/mol. The van der Waals surface area contributed by atoms with Crippen molar-refractivity contribution in [1.29, 1.82) is 0 Å². The van der Waals surface area contributed by atoms with Crippen molar-refractivity contribution in [2.45, 2.75) is 49.0 Å². The summed E-state index contributed by atoms with van der Waals surface area (Å²) in [7, 11) is 0. The van der Waals surface area contributed by atoms with E-state index >= 15 is 0 Å². The third kappa shape index (κ3) is 3.73. The maximum atomic E-state index is 9.79. The van der Waals surface area contributed by atoms with Gasteiger partial charge in [-0.25, -0.2) is 0 Å². The summed E-state index contributed by atoms with van der Waals surface area (Å²) in [6.45, 7) is 4.06. The molecule has 1 aliphatic rings. The lowest BCUT2D eigenvalue weighted by Crippen LogP contribution is -2.14. The van der Waals surface area contributed by atoms with E-state index in [4.69, 9.17) is 0 Å². The second-order valence-electron chi connectivity index (χ2n) is 4.58. The molecule has 0 spiro atoms. The van der Waals surface area contributed by atoms with Gasteiger partial charge in [-0.15, -0.1) is 11.8 Å². The maximum absolute atomic E-state index is 9.79. The molecule has 2 N–H and O–H groups in total. The van der Waals surface area contributed by atoms with Gasteiger partial charge in [-0.05, 0) is 43.5 Å². The van der Waals surface area contributed by atoms with Crippen LogP contribution in [0.25, 0.3) is 0 Å². The predicted molar refractivity (Wildman–Crippen MR) is 73.3 cm³/mol. The molecule has 2 atom stereocenters. The molecule has 1 saturated carbocycles. The highest BCUT2D eigenvalue weighted by molar-refractivity contribution is 8.00. The third-order valence-corrected chi connectivity index (χ3v) is 4.60. The number of benzene rings is 1. The highest BCUT2D eigenvalue weighted by Crippen LogP contribution is 2.34. The zero-order valence-corrected chi connectivity index (χ0v) is 11.2. The second-order valence-corrected chi connectivity index (χ2v) is 5.89. The molecule has 0 saturated heterocycles. The highest BCUT2D eigenvalue weighted by atomic mass is 32.2. The number of hydrogen-bond acceptors (Lipinski definition) is 3. The van der Waals surface area contributed by atoms with E-state index in [-0.39, 0.29) is 6.10 Å². The van der Waals surface area contributed by atoms with E-state index < -0.39 is 0 Å². The average molecular weight is 251 g/mol. The number of aliphatic hydroxyl groups excluding tert-OH is 1. The maximum Gasteiger partial charge on any atom is 0.0662 e. The lowest BCUT2D eigenvalue weighted by atomic mass is 10.2. The van der Waals surface area contributed by atoms with Crippen LogP contribution in [0.4, 0.5) is 0 Å². The molecule has 0 amide bonds. The number of hydrogen-bond donors (Lipinski definition) is 2. The van der Waals surface area contributed by atoms with Crippen molar-refractivity contribution in [2.75, 3.05) is 6.54 Å². The van der Waals surface area contributed by atoms with Gasteiger partial charge in [0.05, 0.1) is 6.10 Å². The lowest BCUT2D eigenvalue weighted by molar-refractivity contribution is 0.188. The van der Waals surface area contributed by atoms with E-state index in [1.807, 2.05) is 11.8 Å². The van der Waals surface area contributed by atoms with Crippen LogP contribution in [0.3, 0.4) is 0 Å². The summed E-state index contributed by atoms with van der Waals surface area (Å²) >= 11 is 1.82. The van der Waals surface area contributed by atoms with Gasteiger partial charge >= 0.3 is 0 Å². The minimum atomic E-state index is -0.110. The van der Waals surface area contributed by atoms with Crippen LogP contribution in [-0.2, 0) is 6.54 Å². The molecule has 1 aliphatic carbocycles. The van der Waals surface area contributed by atoms with Gasteiger partial charge in [-0.1, -0.05) is 19.1 Å². The fourth-order valence-corrected chi connectivity index (χ4v) is 3.39. The molecular formula is C14H21NOS. The highest BCUT2D eigenvalue weighted by Gasteiger charge is 2.25. The van der Waals surface area contributed by atoms with Crippen molar-refractivity contribution < 1.29 is 5.11 Å². The van der Waals surface area contributed by atoms with E-state index in [0.717, 1.165) is 32.4 Å². The fraction of sp³-hybridized carbons (Fsp3) is 0.571. The molecule has 0 bridgehead atoms. The summed E-state index contributed by atoms with van der Waals surface area (Å²) < 4.78 is 0. The molecule has 3 heteroatoms. The molecule has 2 nitrogen and oxygen atoms in total. The van der Waals surface area contributed by atoms with Crippen LogP contribution in [0.5, 0.6) is 0 Å². The van der Waals surface area contributed by atoms with Crippen molar-refractivity contribution in [1.82, 2.24) is 5.32 Å². The van der Waals surface area contributed by atoms with Crippen LogP contribution < -0.4 is 5.32 Å². The third-order valence-electron chi connectivity index (χ3n) is 3.21. The van der Waals surface area contributed by atoms with Gasteiger partial charge in [0, 0.05) is 16.7 Å². The normalized spacial score (nSPS) is 24.1. The van der Waals surface area contributed by atoms with Gasteiger partial charge in [0.15, 0.2) is 0 Å². The zero-order chi connectivity index (χ0) is 12.1. The zero-order valence-electron chi connectivity index (χ0n) is 10.4. The van der Waals surface area contributed by atoms with Gasteiger partial charge in [0.25, 0.3) is 0 Å². The Balaban J connectivity index is 1.89. The van der Waals surface area contributed by atoms with Crippen LogP contribution in [0.2, 0.25) is 0 Å². The monoisotopic (exact) mass is 251 g/mol. The Labute approximate surface area is 108 Å². The molecule has 17 heavy (non-hydrogen) atoms. The van der Waals surface area contributed by atoms with E-state index in [0.29, 0.717) is 5.25 Å². The van der Waals surface area contributed by atoms with Crippen LogP contribution in [0, 0.1) is 0 Å². The number of rotatable bonds is 5. The van der Waals surface area contributed by atoms with Crippen LogP contribution in [0.1, 0.15) is 31.7 Å². The van der Waals surface area contributed by atoms with E-state index in [1.54, 1.807) is 0 Å². The first-order valence-corrected chi connectivity index (χ1v) is 7.32. The van der Waals surface area contributed by atoms with Crippen molar-refractivity contribution >= 4 is 11.8 Å². The van der Waals surface area contributed by atoms with Crippen molar-refractivity contribution in [2.24, 2.45) is 0 Å². The molecule has 0 heterocycles. The Morgan fingerprint density at radius 2 is 2.06 bits per heavy atom. The van der Waals surface area contributed by atoms with Crippen LogP contribution in [-0.4, -0.2) is 23.0 Å². The van der Waals surface area contributed by atoms with Gasteiger partial charge in [0.1, 0.15) is 0 Å². The van der Waals surface area contributed by atoms with Crippen molar-refractivity contribution in [3.8, 4) is 0 Å². The Morgan fingerprint density at radius 1 is 1.29 bits per heavy atom. The van der Waals surface area contributed by atoms with Crippen molar-refractivity contribution in [3.05, 3.63) is 29.8 Å². The second kappa shape index (κ2) is 6.43. The number of thioether (sulfide) groups is 1. The van der Waals surface area contributed by atoms with Gasteiger partial charge in [-0.3, -0.25) is 0 Å². The van der Waals surface area contributed by atoms with Crippen LogP contribution in [0.15, 0.2) is 29.2 Å². The summed E-state index contributed by atoms with van der Waals surface area (Å²) in [5, 5.41) is 13.5. The minimum absolute atomic E-state index is 0.110. The minimum Gasteiger partial charge on any atom is -0.392 e. The lowest BCUT2D eigenvalue weighted by Gasteiger charge is -2.14. The molecule has 1 aromatic carbocycles. The standard InChI is InChI=1S/C14H21NOS/c1-2-15-10-11-6-8-12(9-7-11)17-14-5-3-4-13(14)16/h6-9,13-16H,2-5,10H2,1H3. The van der Waals surface area contributed by atoms with E-state index in [9.17, 15) is 5.11 Å². The van der Waals surface area contributed by atoms with Gasteiger partial charge in [-0.2, -0.15) is 0 Å². The summed E-state index contributed by atoms with van der Waals surface area (Å²) in [5.41, 5.74) is 1.32. The summed E-state index contributed by atoms with van der Waals surface area (Å²) in [6, 6.07) is 8.68. The fourth-order valence-electron chi connectivity index (χ4n) is 2.17. The molecule has 0 aliphatic heterocycles. The molecule has 0 radical (unpaired) electrons. The quantitative estimate of drug-likeness (QED) is 0.844. The topological polar surface area (TPSA) is 32.3 Å². The molecule has 2 unspecified atom stereocenters. The average Bonchev–Trinajstić information content (AvgIpc) is 2.74. The Bertz CT molecular complexity index is 339. The largest absolute Gasteiger partial charge is 0.392 e. The van der Waals surface area contributed by atoms with E-state index in [2.05, 4.69) is 36.5 Å². The number of nitrogens with one attached hydrogen (secondary N) is 1. The smallest absolute Gasteiger partial charge is 0.0662 e. The molecule has 94 valence electrons. The Hall–Kier alpha value is -0.510. The van der Waals surface area contributed by atoms with E-state index in [1.165, 1.54) is 10.5 Å². The van der Waals surface area contributed by atoms with Gasteiger partial charge < -0.3 is 10.4 Å². The molecule has 1 fully saturated rings. The summed E-state index contributed by atoms with van der Waals surface area (Å²) in [4.78, 5) is 1.27. The first-order chi connectivity index (χ1) is 8.29.